The fourth-order valence-corrected chi connectivity index (χ4v) is 12.8. The number of carbonyl (C=O) groups excluding carboxylic acids is 1. The minimum absolute atomic E-state index is 0.350. The van der Waals surface area contributed by atoms with Crippen LogP contribution in [0.2, 0.25) is 0 Å². The molecule has 82 heavy (non-hydrogen) atoms. The standard InChI is InChI=1S/C74H65N7O/c75-70(82)71(49-46-67-52-79(55-76-67)72(58-28-10-1-11-29-58,59-30-12-2-13-31-59)60-32-14-3-15-33-60,50-47-68-53-80(56-77-68)73(61-34-16-4-17-35-61,62-36-18-5-19-37-62)63-38-20-6-21-39-63)51-48-69-54-81(57-78-69)74(64-40-22-7-23-41-64,65-42-24-8-25-43-65)66-44-26-9-27-45-66/h1-45,52-57H,46-51H2,(H2,75,82). The van der Waals surface area contributed by atoms with Gasteiger partial charge in [0.15, 0.2) is 0 Å². The minimum atomic E-state index is -0.989. The quantitative estimate of drug-likeness (QED) is 0.0684. The van der Waals surface area contributed by atoms with Crippen molar-refractivity contribution in [1.82, 2.24) is 28.7 Å². The van der Waals surface area contributed by atoms with Crippen LogP contribution in [0.4, 0.5) is 0 Å². The molecule has 3 heterocycles. The lowest BCUT2D eigenvalue weighted by atomic mass is 9.73. The number of rotatable bonds is 22. The Kier molecular flexibility index (Phi) is 15.1. The van der Waals surface area contributed by atoms with Crippen LogP contribution in [0.3, 0.4) is 0 Å². The third-order valence-corrected chi connectivity index (χ3v) is 16.9. The Morgan fingerprint density at radius 3 is 0.622 bits per heavy atom. The monoisotopic (exact) mass is 1070 g/mol. The number of amides is 1. The first-order valence-electron chi connectivity index (χ1n) is 28.3. The van der Waals surface area contributed by atoms with E-state index >= 15 is 0 Å². The largest absolute Gasteiger partial charge is 0.369 e. The second kappa shape index (κ2) is 23.4. The Morgan fingerprint density at radius 1 is 0.293 bits per heavy atom. The number of aryl methyl sites for hydroxylation is 3. The van der Waals surface area contributed by atoms with Crippen molar-refractivity contribution in [2.45, 2.75) is 55.1 Å². The van der Waals surface area contributed by atoms with Crippen molar-refractivity contribution in [2.75, 3.05) is 0 Å². The maximum absolute atomic E-state index is 14.8. The molecule has 1 amide bonds. The van der Waals surface area contributed by atoms with Crippen molar-refractivity contribution in [2.24, 2.45) is 11.1 Å². The van der Waals surface area contributed by atoms with Gasteiger partial charge in [0.1, 0.15) is 16.6 Å². The summed E-state index contributed by atoms with van der Waals surface area (Å²) in [6, 6.07) is 95.6. The van der Waals surface area contributed by atoms with E-state index in [1.54, 1.807) is 0 Å². The van der Waals surface area contributed by atoms with Crippen LogP contribution in [0.5, 0.6) is 0 Å². The van der Waals surface area contributed by atoms with Gasteiger partial charge >= 0.3 is 0 Å². The van der Waals surface area contributed by atoms with Crippen molar-refractivity contribution >= 4 is 5.91 Å². The summed E-state index contributed by atoms with van der Waals surface area (Å²) in [6.07, 6.45) is 15.2. The normalized spacial score (nSPS) is 12.0. The van der Waals surface area contributed by atoms with Gasteiger partial charge in [0.2, 0.25) is 5.91 Å². The van der Waals surface area contributed by atoms with Crippen molar-refractivity contribution in [3.05, 3.63) is 378 Å². The Bertz CT molecular complexity index is 3250. The van der Waals surface area contributed by atoms with Crippen LogP contribution >= 0.6 is 0 Å². The number of hydrogen-bond donors (Lipinski definition) is 1. The summed E-state index contributed by atoms with van der Waals surface area (Å²) in [6.45, 7) is 0. The van der Waals surface area contributed by atoms with Gasteiger partial charge in [-0.25, -0.2) is 15.0 Å². The highest BCUT2D eigenvalue weighted by Crippen LogP contribution is 2.45. The molecular formula is C74H65N7O. The van der Waals surface area contributed by atoms with Gasteiger partial charge in [-0.1, -0.05) is 273 Å². The van der Waals surface area contributed by atoms with Gasteiger partial charge in [-0.3, -0.25) is 4.79 Å². The van der Waals surface area contributed by atoms with Crippen LogP contribution in [0.1, 0.15) is 86.4 Å². The fraction of sp³-hybridized carbons (Fsp3) is 0.135. The summed E-state index contributed by atoms with van der Waals surface area (Å²) in [5.41, 5.74) is 16.2. The molecule has 0 bridgehead atoms. The number of primary amides is 1. The van der Waals surface area contributed by atoms with Gasteiger partial charge in [-0.2, -0.15) is 0 Å². The van der Waals surface area contributed by atoms with Crippen molar-refractivity contribution < 1.29 is 4.79 Å². The first-order chi connectivity index (χ1) is 40.4. The molecule has 3 aromatic heterocycles. The topological polar surface area (TPSA) is 96.5 Å². The molecule has 0 unspecified atom stereocenters. The summed E-state index contributed by atoms with van der Waals surface area (Å²) in [4.78, 5) is 30.3. The van der Waals surface area contributed by atoms with Crippen molar-refractivity contribution in [3.63, 3.8) is 0 Å². The molecule has 8 heteroatoms. The number of carbonyl (C=O) groups is 1. The number of nitrogens with two attached hydrogens (primary N) is 1. The van der Waals surface area contributed by atoms with Crippen molar-refractivity contribution in [1.29, 1.82) is 0 Å². The molecule has 0 aliphatic heterocycles. The molecule has 0 saturated heterocycles. The molecule has 12 rings (SSSR count). The maximum atomic E-state index is 14.8. The zero-order valence-corrected chi connectivity index (χ0v) is 45.9. The highest BCUT2D eigenvalue weighted by molar-refractivity contribution is 5.81. The summed E-state index contributed by atoms with van der Waals surface area (Å²) < 4.78 is 6.72. The van der Waals surface area contributed by atoms with Crippen LogP contribution in [-0.2, 0) is 40.7 Å². The van der Waals surface area contributed by atoms with E-state index in [0.29, 0.717) is 38.5 Å². The van der Waals surface area contributed by atoms with E-state index in [4.69, 9.17) is 20.7 Å². The Hall–Kier alpha value is -9.92. The first-order valence-corrected chi connectivity index (χ1v) is 28.3. The second-order valence-corrected chi connectivity index (χ2v) is 21.4. The van der Waals surface area contributed by atoms with E-state index in [1.807, 2.05) is 19.0 Å². The average Bonchev–Trinajstić information content (AvgIpc) is 4.04. The zero-order chi connectivity index (χ0) is 55.7. The van der Waals surface area contributed by atoms with E-state index in [1.165, 1.54) is 0 Å². The number of nitrogens with zero attached hydrogens (tertiary/aromatic N) is 6. The van der Waals surface area contributed by atoms with Crippen molar-refractivity contribution in [3.8, 4) is 0 Å². The number of imidazole rings is 3. The van der Waals surface area contributed by atoms with Crippen LogP contribution in [0, 0.1) is 5.41 Å². The molecule has 8 nitrogen and oxygen atoms in total. The molecule has 2 N–H and O–H groups in total. The van der Waals surface area contributed by atoms with Crippen LogP contribution in [0.25, 0.3) is 0 Å². The minimum Gasteiger partial charge on any atom is -0.369 e. The molecule has 0 spiro atoms. The smallest absolute Gasteiger partial charge is 0.223 e. The molecule has 0 atom stereocenters. The second-order valence-electron chi connectivity index (χ2n) is 21.4. The summed E-state index contributed by atoms with van der Waals surface area (Å²) >= 11 is 0. The third-order valence-electron chi connectivity index (χ3n) is 16.9. The number of benzene rings is 9. The van der Waals surface area contributed by atoms with E-state index < -0.39 is 22.0 Å². The molecule has 0 saturated carbocycles. The molecular weight excluding hydrogens is 1000 g/mol. The summed E-state index contributed by atoms with van der Waals surface area (Å²) in [5.74, 6) is -0.350. The highest BCUT2D eigenvalue weighted by Gasteiger charge is 2.43. The highest BCUT2D eigenvalue weighted by atomic mass is 16.1. The zero-order valence-electron chi connectivity index (χ0n) is 45.9. The molecule has 402 valence electrons. The van der Waals surface area contributed by atoms with Gasteiger partial charge in [-0.15, -0.1) is 0 Å². The van der Waals surface area contributed by atoms with Gasteiger partial charge in [0, 0.05) is 18.6 Å². The predicted octanol–water partition coefficient (Wildman–Crippen LogP) is 14.5. The lowest BCUT2D eigenvalue weighted by Gasteiger charge is -2.37. The Balaban J connectivity index is 0.931. The van der Waals surface area contributed by atoms with Gasteiger partial charge in [0.25, 0.3) is 0 Å². The summed E-state index contributed by atoms with van der Waals surface area (Å²) in [5, 5.41) is 0. The third kappa shape index (κ3) is 9.76. The fourth-order valence-electron chi connectivity index (χ4n) is 12.8. The molecule has 0 aliphatic rings. The molecule has 0 fully saturated rings. The number of aromatic nitrogens is 6. The van der Waals surface area contributed by atoms with E-state index in [0.717, 1.165) is 67.2 Å². The molecule has 0 aliphatic carbocycles. The lowest BCUT2D eigenvalue weighted by Crippen LogP contribution is -2.39. The van der Waals surface area contributed by atoms with E-state index in [-0.39, 0.29) is 5.91 Å². The van der Waals surface area contributed by atoms with Crippen LogP contribution in [-0.4, -0.2) is 34.6 Å². The first kappa shape index (κ1) is 52.8. The lowest BCUT2D eigenvalue weighted by molar-refractivity contribution is -0.129. The maximum Gasteiger partial charge on any atom is 0.223 e. The molecule has 12 aromatic rings. The van der Waals surface area contributed by atoms with Gasteiger partial charge in [0.05, 0.1) is 41.5 Å². The summed E-state index contributed by atoms with van der Waals surface area (Å²) in [7, 11) is 0. The van der Waals surface area contributed by atoms with E-state index in [9.17, 15) is 4.79 Å². The van der Waals surface area contributed by atoms with Gasteiger partial charge < -0.3 is 19.4 Å². The van der Waals surface area contributed by atoms with Crippen LogP contribution < -0.4 is 5.73 Å². The average molecular weight is 1070 g/mol. The Labute approximate surface area is 480 Å². The Morgan fingerprint density at radius 2 is 0.463 bits per heavy atom. The van der Waals surface area contributed by atoms with Crippen LogP contribution in [0.15, 0.2) is 311 Å². The molecule has 9 aromatic carbocycles. The molecule has 0 radical (unpaired) electrons. The number of hydrogen-bond acceptors (Lipinski definition) is 4. The van der Waals surface area contributed by atoms with E-state index in [2.05, 4.69) is 305 Å². The van der Waals surface area contributed by atoms with Gasteiger partial charge in [-0.05, 0) is 88.6 Å². The SMILES string of the molecule is NC(=O)C(CCc1cn(C(c2ccccc2)(c2ccccc2)c2ccccc2)cn1)(CCc1cn(C(c2ccccc2)(c2ccccc2)c2ccccc2)cn1)CCc1cn(C(c2ccccc2)(c2ccccc2)c2ccccc2)cn1. The predicted molar refractivity (Wildman–Crippen MR) is 327 cm³/mol.